The molecule has 4 N–H and O–H groups in total. The third-order valence-corrected chi connectivity index (χ3v) is 2.13. The summed E-state index contributed by atoms with van der Waals surface area (Å²) in [5, 5.41) is 0. The van der Waals surface area contributed by atoms with Gasteiger partial charge in [0.15, 0.2) is 11.6 Å². The van der Waals surface area contributed by atoms with E-state index in [0.717, 1.165) is 18.9 Å². The molecule has 0 radical (unpaired) electrons. The van der Waals surface area contributed by atoms with Gasteiger partial charge in [0, 0.05) is 13.1 Å². The van der Waals surface area contributed by atoms with E-state index in [4.69, 9.17) is 11.5 Å². The van der Waals surface area contributed by atoms with Gasteiger partial charge < -0.3 is 16.4 Å². The maximum atomic E-state index is 5.81. The van der Waals surface area contributed by atoms with Crippen LogP contribution in [0.5, 0.6) is 0 Å². The highest BCUT2D eigenvalue weighted by Crippen LogP contribution is 2.24. The normalized spacial score (nSPS) is 10.2. The summed E-state index contributed by atoms with van der Waals surface area (Å²) in [6.07, 6.45) is 0. The summed E-state index contributed by atoms with van der Waals surface area (Å²) in [7, 11) is 0. The number of hydrogen-bond donors (Lipinski definition) is 2. The number of nitrogen functional groups attached to an aromatic ring is 2. The minimum Gasteiger partial charge on any atom is -0.393 e. The Bertz CT molecular complexity index is 319. The first-order valence-corrected chi connectivity index (χ1v) is 4.74. The molecule has 0 aliphatic heterocycles. The van der Waals surface area contributed by atoms with Gasteiger partial charge in [0.05, 0.1) is 0 Å². The van der Waals surface area contributed by atoms with Gasteiger partial charge in [-0.3, -0.25) is 0 Å². The first kappa shape index (κ1) is 10.6. The molecule has 0 aliphatic rings. The fourth-order valence-electron chi connectivity index (χ4n) is 1.35. The minimum atomic E-state index is 0.361. The van der Waals surface area contributed by atoms with Crippen molar-refractivity contribution in [3.63, 3.8) is 0 Å². The number of rotatable bonds is 3. The molecule has 0 fully saturated rings. The Hall–Kier alpha value is -1.52. The summed E-state index contributed by atoms with van der Waals surface area (Å²) in [6, 6.07) is 0. The van der Waals surface area contributed by atoms with Crippen LogP contribution in [0.15, 0.2) is 0 Å². The first-order chi connectivity index (χ1) is 6.60. The topological polar surface area (TPSA) is 81.1 Å². The Morgan fingerprint density at radius 2 is 1.71 bits per heavy atom. The maximum absolute atomic E-state index is 5.81. The van der Waals surface area contributed by atoms with Crippen LogP contribution in [-0.2, 0) is 0 Å². The molecule has 14 heavy (non-hydrogen) atoms. The van der Waals surface area contributed by atoms with Crippen LogP contribution in [0.2, 0.25) is 0 Å². The van der Waals surface area contributed by atoms with E-state index in [2.05, 4.69) is 28.7 Å². The quantitative estimate of drug-likeness (QED) is 0.745. The van der Waals surface area contributed by atoms with Gasteiger partial charge in [-0.15, -0.1) is 0 Å². The van der Waals surface area contributed by atoms with E-state index in [1.807, 2.05) is 6.92 Å². The lowest BCUT2D eigenvalue weighted by molar-refractivity contribution is 0.837. The molecule has 1 aromatic rings. The summed E-state index contributed by atoms with van der Waals surface area (Å²) in [6.45, 7) is 7.63. The summed E-state index contributed by atoms with van der Waals surface area (Å²) < 4.78 is 0. The number of nitrogens with two attached hydrogens (primary N) is 2. The van der Waals surface area contributed by atoms with Gasteiger partial charge in [-0.1, -0.05) is 0 Å². The van der Waals surface area contributed by atoms with Gasteiger partial charge in [0.1, 0.15) is 11.5 Å². The van der Waals surface area contributed by atoms with Crippen molar-refractivity contribution in [2.75, 3.05) is 29.5 Å². The monoisotopic (exact) mass is 195 g/mol. The van der Waals surface area contributed by atoms with Crippen LogP contribution >= 0.6 is 0 Å². The van der Waals surface area contributed by atoms with Crippen LogP contribution in [0.25, 0.3) is 0 Å². The van der Waals surface area contributed by atoms with Crippen molar-refractivity contribution in [3.8, 4) is 0 Å². The molecule has 78 valence electrons. The predicted molar refractivity (Wildman–Crippen MR) is 59.2 cm³/mol. The standard InChI is InChI=1S/C9H17N5/c1-4-14(5-2)9-7(10)8(11)12-6(3)13-9/h4-5,10H2,1-3H3,(H2,11,12,13). The summed E-state index contributed by atoms with van der Waals surface area (Å²) in [4.78, 5) is 10.3. The second-order valence-electron chi connectivity index (χ2n) is 3.07. The fraction of sp³-hybridized carbons (Fsp3) is 0.556. The molecule has 0 aliphatic carbocycles. The van der Waals surface area contributed by atoms with Crippen molar-refractivity contribution >= 4 is 17.3 Å². The summed E-state index contributed by atoms with van der Waals surface area (Å²) in [5.74, 6) is 1.75. The molecule has 5 nitrogen and oxygen atoms in total. The molecule has 0 saturated heterocycles. The molecule has 0 atom stereocenters. The third-order valence-electron chi connectivity index (χ3n) is 2.13. The molecule has 0 amide bonds. The van der Waals surface area contributed by atoms with Crippen LogP contribution in [0.1, 0.15) is 19.7 Å². The van der Waals surface area contributed by atoms with Crippen LogP contribution in [0.4, 0.5) is 17.3 Å². The zero-order valence-corrected chi connectivity index (χ0v) is 8.91. The Labute approximate surface area is 84.1 Å². The number of anilines is 3. The van der Waals surface area contributed by atoms with Crippen LogP contribution in [0, 0.1) is 6.92 Å². The Morgan fingerprint density at radius 1 is 1.14 bits per heavy atom. The van der Waals surface area contributed by atoms with Gasteiger partial charge in [0.25, 0.3) is 0 Å². The van der Waals surface area contributed by atoms with Crippen molar-refractivity contribution in [2.24, 2.45) is 0 Å². The number of aryl methyl sites for hydroxylation is 1. The zero-order valence-electron chi connectivity index (χ0n) is 8.91. The van der Waals surface area contributed by atoms with E-state index >= 15 is 0 Å². The van der Waals surface area contributed by atoms with Crippen molar-refractivity contribution in [1.29, 1.82) is 0 Å². The highest BCUT2D eigenvalue weighted by molar-refractivity contribution is 5.73. The molecular formula is C9H17N5. The van der Waals surface area contributed by atoms with Gasteiger partial charge in [-0.05, 0) is 20.8 Å². The molecule has 0 saturated carbocycles. The van der Waals surface area contributed by atoms with Gasteiger partial charge in [0.2, 0.25) is 0 Å². The predicted octanol–water partition coefficient (Wildman–Crippen LogP) is 0.796. The molecule has 0 unspecified atom stereocenters. The van der Waals surface area contributed by atoms with Crippen molar-refractivity contribution < 1.29 is 0 Å². The number of hydrogen-bond acceptors (Lipinski definition) is 5. The van der Waals surface area contributed by atoms with Crippen LogP contribution in [-0.4, -0.2) is 23.1 Å². The van der Waals surface area contributed by atoms with E-state index in [9.17, 15) is 0 Å². The van der Waals surface area contributed by atoms with Gasteiger partial charge in [-0.25, -0.2) is 9.97 Å². The van der Waals surface area contributed by atoms with Gasteiger partial charge >= 0.3 is 0 Å². The van der Waals surface area contributed by atoms with E-state index in [0.29, 0.717) is 17.3 Å². The SMILES string of the molecule is CCN(CC)c1nc(C)nc(N)c1N. The maximum Gasteiger partial charge on any atom is 0.157 e. The molecule has 5 heteroatoms. The minimum absolute atomic E-state index is 0.361. The fourth-order valence-corrected chi connectivity index (χ4v) is 1.35. The third kappa shape index (κ3) is 1.86. The molecule has 0 spiro atoms. The second kappa shape index (κ2) is 4.13. The lowest BCUT2D eigenvalue weighted by atomic mass is 10.3. The highest BCUT2D eigenvalue weighted by Gasteiger charge is 2.11. The van der Waals surface area contributed by atoms with E-state index < -0.39 is 0 Å². The van der Waals surface area contributed by atoms with Crippen molar-refractivity contribution in [3.05, 3.63) is 5.82 Å². The first-order valence-electron chi connectivity index (χ1n) is 4.74. The van der Waals surface area contributed by atoms with Gasteiger partial charge in [-0.2, -0.15) is 0 Å². The summed E-state index contributed by atoms with van der Waals surface area (Å²) >= 11 is 0. The number of nitrogens with zero attached hydrogens (tertiary/aromatic N) is 3. The van der Waals surface area contributed by atoms with E-state index in [1.165, 1.54) is 0 Å². The lowest BCUT2D eigenvalue weighted by Crippen LogP contribution is -2.25. The van der Waals surface area contributed by atoms with Crippen LogP contribution in [0.3, 0.4) is 0 Å². The highest BCUT2D eigenvalue weighted by atomic mass is 15.2. The molecule has 1 rings (SSSR count). The summed E-state index contributed by atoms with van der Waals surface area (Å²) in [5.41, 5.74) is 11.9. The molecule has 1 heterocycles. The Morgan fingerprint density at radius 3 is 2.21 bits per heavy atom. The van der Waals surface area contributed by atoms with E-state index in [-0.39, 0.29) is 0 Å². The Kier molecular flexibility index (Phi) is 3.11. The molecule has 0 aromatic carbocycles. The molecular weight excluding hydrogens is 178 g/mol. The van der Waals surface area contributed by atoms with Crippen molar-refractivity contribution in [1.82, 2.24) is 9.97 Å². The largest absolute Gasteiger partial charge is 0.393 e. The van der Waals surface area contributed by atoms with Crippen LogP contribution < -0.4 is 16.4 Å². The molecule has 0 bridgehead atoms. The van der Waals surface area contributed by atoms with Crippen molar-refractivity contribution in [2.45, 2.75) is 20.8 Å². The number of aromatic nitrogens is 2. The lowest BCUT2D eigenvalue weighted by Gasteiger charge is -2.21. The average Bonchev–Trinajstić information content (AvgIpc) is 2.15. The Balaban J connectivity index is 3.18. The zero-order chi connectivity index (χ0) is 10.7. The smallest absolute Gasteiger partial charge is 0.157 e. The van der Waals surface area contributed by atoms with E-state index in [1.54, 1.807) is 0 Å². The molecule has 1 aromatic heterocycles. The second-order valence-corrected chi connectivity index (χ2v) is 3.07. The average molecular weight is 195 g/mol.